The van der Waals surface area contributed by atoms with Gasteiger partial charge >= 0.3 is 6.03 Å². The first kappa shape index (κ1) is 20.1. The van der Waals surface area contributed by atoms with E-state index < -0.39 is 17.5 Å². The molecule has 0 bridgehead atoms. The van der Waals surface area contributed by atoms with Crippen molar-refractivity contribution in [2.75, 3.05) is 6.54 Å². The number of aryl methyl sites for hydroxylation is 2. The maximum atomic E-state index is 13.0. The second-order valence-corrected chi connectivity index (χ2v) is 7.52. The zero-order chi connectivity index (χ0) is 20.5. The fourth-order valence-electron chi connectivity index (χ4n) is 3.48. The van der Waals surface area contributed by atoms with Crippen LogP contribution in [0.1, 0.15) is 47.8 Å². The normalized spacial score (nSPS) is 19.1. The van der Waals surface area contributed by atoms with E-state index in [9.17, 15) is 14.4 Å². The minimum Gasteiger partial charge on any atom is -0.319 e. The minimum atomic E-state index is -1.25. The van der Waals surface area contributed by atoms with Crippen LogP contribution < -0.4 is 5.32 Å². The van der Waals surface area contributed by atoms with Crippen molar-refractivity contribution in [3.8, 4) is 0 Å². The van der Waals surface area contributed by atoms with Crippen molar-refractivity contribution >= 4 is 29.3 Å². The number of hydrogen-bond donors (Lipinski definition) is 1. The van der Waals surface area contributed by atoms with Crippen LogP contribution in [-0.4, -0.2) is 29.2 Å². The van der Waals surface area contributed by atoms with E-state index in [4.69, 9.17) is 11.6 Å². The molecule has 1 saturated heterocycles. The molecule has 0 aromatic heterocycles. The van der Waals surface area contributed by atoms with Crippen molar-refractivity contribution in [3.63, 3.8) is 0 Å². The molecule has 5 nitrogen and oxygen atoms in total. The first-order chi connectivity index (χ1) is 13.3. The number of rotatable bonds is 6. The number of ketones is 1. The molecule has 1 aliphatic heterocycles. The van der Waals surface area contributed by atoms with Gasteiger partial charge in [-0.3, -0.25) is 14.5 Å². The number of hydrogen-bond acceptors (Lipinski definition) is 3. The molecule has 1 N–H and O–H groups in total. The summed E-state index contributed by atoms with van der Waals surface area (Å²) in [4.78, 5) is 39.5. The molecule has 1 unspecified atom stereocenters. The average molecular weight is 399 g/mol. The predicted molar refractivity (Wildman–Crippen MR) is 109 cm³/mol. The molecule has 0 radical (unpaired) electrons. The summed E-state index contributed by atoms with van der Waals surface area (Å²) in [6.45, 7) is 5.32. The lowest BCUT2D eigenvalue weighted by Gasteiger charge is -2.22. The molecule has 1 fully saturated rings. The van der Waals surface area contributed by atoms with Crippen LogP contribution in [0.15, 0.2) is 42.5 Å². The summed E-state index contributed by atoms with van der Waals surface area (Å²) in [5, 5.41) is 3.18. The van der Waals surface area contributed by atoms with Crippen LogP contribution in [0.3, 0.4) is 0 Å². The van der Waals surface area contributed by atoms with Gasteiger partial charge in [0.2, 0.25) is 0 Å². The van der Waals surface area contributed by atoms with Gasteiger partial charge in [-0.15, -0.1) is 0 Å². The zero-order valence-electron chi connectivity index (χ0n) is 16.2. The number of Topliss-reactive ketones (excluding diaryl/α,β-unsaturated/α-hetero) is 1. The van der Waals surface area contributed by atoms with Gasteiger partial charge in [0.05, 0.1) is 6.54 Å². The first-order valence-corrected chi connectivity index (χ1v) is 9.73. The molecule has 2 aromatic rings. The molecule has 3 amide bonds. The second kappa shape index (κ2) is 7.76. The Morgan fingerprint density at radius 3 is 2.50 bits per heavy atom. The van der Waals surface area contributed by atoms with E-state index >= 15 is 0 Å². The molecule has 28 heavy (non-hydrogen) atoms. The highest BCUT2D eigenvalue weighted by Gasteiger charge is 2.49. The summed E-state index contributed by atoms with van der Waals surface area (Å²) in [5.41, 5.74) is 1.85. The lowest BCUT2D eigenvalue weighted by atomic mass is 9.92. The van der Waals surface area contributed by atoms with Gasteiger partial charge in [-0.1, -0.05) is 49.7 Å². The number of benzene rings is 2. The van der Waals surface area contributed by atoms with Crippen molar-refractivity contribution < 1.29 is 14.4 Å². The van der Waals surface area contributed by atoms with E-state index in [0.29, 0.717) is 22.6 Å². The Labute approximate surface area is 169 Å². The van der Waals surface area contributed by atoms with Crippen LogP contribution in [0, 0.1) is 0 Å². The summed E-state index contributed by atoms with van der Waals surface area (Å²) in [7, 11) is 0. The highest BCUT2D eigenvalue weighted by Crippen LogP contribution is 2.30. The van der Waals surface area contributed by atoms with Crippen LogP contribution in [-0.2, 0) is 23.2 Å². The summed E-state index contributed by atoms with van der Waals surface area (Å²) in [6.07, 6.45) is 1.51. The smallest absolute Gasteiger partial charge is 0.319 e. The molecular weight excluding hydrogens is 376 g/mol. The van der Waals surface area contributed by atoms with Crippen LogP contribution >= 0.6 is 11.6 Å². The maximum Gasteiger partial charge on any atom is 0.325 e. The predicted octanol–water partition coefficient (Wildman–Crippen LogP) is 4.11. The van der Waals surface area contributed by atoms with Crippen molar-refractivity contribution in [2.24, 2.45) is 0 Å². The van der Waals surface area contributed by atoms with E-state index in [-0.39, 0.29) is 12.3 Å². The monoisotopic (exact) mass is 398 g/mol. The Balaban J connectivity index is 1.88. The largest absolute Gasteiger partial charge is 0.325 e. The molecular formula is C22H23ClN2O3. The van der Waals surface area contributed by atoms with Gasteiger partial charge in [-0.25, -0.2) is 4.79 Å². The Hall–Kier alpha value is -2.66. The lowest BCUT2D eigenvalue weighted by molar-refractivity contribution is -0.130. The fourth-order valence-corrected chi connectivity index (χ4v) is 3.67. The molecule has 1 heterocycles. The Bertz CT molecular complexity index is 957. The van der Waals surface area contributed by atoms with Crippen LogP contribution in [0.2, 0.25) is 5.02 Å². The number of imide groups is 1. The average Bonchev–Trinajstić information content (AvgIpc) is 2.91. The highest BCUT2D eigenvalue weighted by atomic mass is 35.5. The fraction of sp³-hybridized carbons (Fsp3) is 0.318. The Morgan fingerprint density at radius 2 is 1.86 bits per heavy atom. The number of carbonyl (C=O) groups is 3. The number of nitrogens with zero attached hydrogens (tertiary/aromatic N) is 1. The quantitative estimate of drug-likeness (QED) is 0.588. The molecule has 0 aliphatic carbocycles. The molecule has 3 rings (SSSR count). The van der Waals surface area contributed by atoms with Crippen molar-refractivity contribution in [3.05, 3.63) is 69.7 Å². The number of urea groups is 1. The van der Waals surface area contributed by atoms with Gasteiger partial charge < -0.3 is 5.32 Å². The Morgan fingerprint density at radius 1 is 1.11 bits per heavy atom. The number of carbonyl (C=O) groups excluding carboxylic acids is 3. The molecule has 1 atom stereocenters. The zero-order valence-corrected chi connectivity index (χ0v) is 17.0. The summed E-state index contributed by atoms with van der Waals surface area (Å²) < 4.78 is 0. The first-order valence-electron chi connectivity index (χ1n) is 9.35. The Kier molecular flexibility index (Phi) is 5.57. The third-order valence-electron chi connectivity index (χ3n) is 5.24. The highest BCUT2D eigenvalue weighted by molar-refractivity contribution is 6.30. The lowest BCUT2D eigenvalue weighted by Crippen LogP contribution is -2.41. The van der Waals surface area contributed by atoms with Gasteiger partial charge in [-0.2, -0.15) is 0 Å². The molecule has 1 aliphatic rings. The van der Waals surface area contributed by atoms with Gasteiger partial charge in [-0.05, 0) is 54.7 Å². The topological polar surface area (TPSA) is 66.5 Å². The number of amides is 3. The van der Waals surface area contributed by atoms with Crippen LogP contribution in [0.5, 0.6) is 0 Å². The standard InChI is InChI=1S/C22H23ClN2O3/c1-4-14-9-10-15(5-2)18(11-14)19(26)13-25-20(27)22(3,24-21(25)28)16-7-6-8-17(23)12-16/h6-12H,4-5,13H2,1-3H3,(H,24,28). The van der Waals surface area contributed by atoms with E-state index in [2.05, 4.69) is 5.32 Å². The molecule has 6 heteroatoms. The molecule has 0 saturated carbocycles. The molecule has 0 spiro atoms. The van der Waals surface area contributed by atoms with Crippen LogP contribution in [0.25, 0.3) is 0 Å². The van der Waals surface area contributed by atoms with Gasteiger partial charge in [0, 0.05) is 10.6 Å². The SMILES string of the molecule is CCc1ccc(CC)c(C(=O)CN2C(=O)NC(C)(c3cccc(Cl)c3)C2=O)c1. The number of halogens is 1. The minimum absolute atomic E-state index is 0.244. The second-order valence-electron chi connectivity index (χ2n) is 7.08. The molecule has 2 aromatic carbocycles. The van der Waals surface area contributed by atoms with Gasteiger partial charge in [0.1, 0.15) is 5.54 Å². The van der Waals surface area contributed by atoms with E-state index in [1.165, 1.54) is 0 Å². The van der Waals surface area contributed by atoms with E-state index in [0.717, 1.165) is 22.4 Å². The van der Waals surface area contributed by atoms with Gasteiger partial charge in [0.15, 0.2) is 5.78 Å². The van der Waals surface area contributed by atoms with E-state index in [1.807, 2.05) is 32.0 Å². The third-order valence-corrected chi connectivity index (χ3v) is 5.48. The van der Waals surface area contributed by atoms with Crippen LogP contribution in [0.4, 0.5) is 4.79 Å². The molecule has 146 valence electrons. The summed E-state index contributed by atoms with van der Waals surface area (Å²) in [5.74, 6) is -0.705. The third kappa shape index (κ3) is 3.54. The van der Waals surface area contributed by atoms with E-state index in [1.54, 1.807) is 31.2 Å². The van der Waals surface area contributed by atoms with Crippen molar-refractivity contribution in [2.45, 2.75) is 39.2 Å². The van der Waals surface area contributed by atoms with Gasteiger partial charge in [0.25, 0.3) is 5.91 Å². The summed E-state index contributed by atoms with van der Waals surface area (Å²) >= 11 is 6.04. The van der Waals surface area contributed by atoms with Crippen molar-refractivity contribution in [1.29, 1.82) is 0 Å². The number of nitrogens with one attached hydrogen (secondary N) is 1. The van der Waals surface area contributed by atoms with Crippen molar-refractivity contribution in [1.82, 2.24) is 10.2 Å². The summed E-state index contributed by atoms with van der Waals surface area (Å²) in [6, 6.07) is 12.0. The maximum absolute atomic E-state index is 13.0.